The molecule has 0 saturated carbocycles. The van der Waals surface area contributed by atoms with Gasteiger partial charge >= 0.3 is 0 Å². The highest BCUT2D eigenvalue weighted by molar-refractivity contribution is 7.98. The first kappa shape index (κ1) is 17.8. The molecule has 122 valence electrons. The Hall–Kier alpha value is -1.52. The second kappa shape index (κ2) is 9.58. The van der Waals surface area contributed by atoms with Gasteiger partial charge in [-0.25, -0.2) is 0 Å². The van der Waals surface area contributed by atoms with Gasteiger partial charge in [0.25, 0.3) is 0 Å². The SMILES string of the molecule is CSCCCNC(=S)N(Cc1ccccc1)c1cccc(C)c1. The molecule has 4 heteroatoms. The molecule has 2 rings (SSSR count). The van der Waals surface area contributed by atoms with E-state index in [2.05, 4.69) is 71.9 Å². The Morgan fingerprint density at radius 1 is 1.13 bits per heavy atom. The van der Waals surface area contributed by atoms with E-state index in [4.69, 9.17) is 12.2 Å². The molecule has 0 aliphatic heterocycles. The summed E-state index contributed by atoms with van der Waals surface area (Å²) in [6, 6.07) is 18.9. The van der Waals surface area contributed by atoms with E-state index < -0.39 is 0 Å². The lowest BCUT2D eigenvalue weighted by Gasteiger charge is -2.26. The second-order valence-corrected chi connectivity index (χ2v) is 6.86. The standard InChI is InChI=1S/C19H24N2S2/c1-16-8-6-11-18(14-16)21(15-17-9-4-3-5-10-17)19(22)20-12-7-13-23-2/h3-6,8-11,14H,7,12-13,15H2,1-2H3,(H,20,22). The molecule has 0 amide bonds. The molecule has 0 atom stereocenters. The van der Waals surface area contributed by atoms with Crippen LogP contribution in [0.25, 0.3) is 0 Å². The van der Waals surface area contributed by atoms with Crippen molar-refractivity contribution in [3.05, 3.63) is 65.7 Å². The number of nitrogens with zero attached hydrogens (tertiary/aromatic N) is 1. The zero-order valence-corrected chi connectivity index (χ0v) is 15.4. The molecule has 0 aromatic heterocycles. The molecule has 0 unspecified atom stereocenters. The monoisotopic (exact) mass is 344 g/mol. The highest BCUT2D eigenvalue weighted by Crippen LogP contribution is 2.19. The van der Waals surface area contributed by atoms with E-state index in [0.717, 1.165) is 36.1 Å². The van der Waals surface area contributed by atoms with Crippen molar-refractivity contribution in [1.29, 1.82) is 0 Å². The first-order chi connectivity index (χ1) is 11.2. The molecule has 0 aliphatic rings. The van der Waals surface area contributed by atoms with Gasteiger partial charge < -0.3 is 10.2 Å². The minimum Gasteiger partial charge on any atom is -0.362 e. The first-order valence-electron chi connectivity index (χ1n) is 7.85. The summed E-state index contributed by atoms with van der Waals surface area (Å²) in [5.41, 5.74) is 3.63. The van der Waals surface area contributed by atoms with Gasteiger partial charge in [-0.2, -0.15) is 11.8 Å². The third-order valence-electron chi connectivity index (χ3n) is 3.54. The van der Waals surface area contributed by atoms with Crippen LogP contribution in [-0.4, -0.2) is 23.7 Å². The number of anilines is 1. The molecule has 0 aliphatic carbocycles. The first-order valence-corrected chi connectivity index (χ1v) is 9.66. The molecule has 0 heterocycles. The molecule has 2 nitrogen and oxygen atoms in total. The minimum absolute atomic E-state index is 0.776. The molecular formula is C19H24N2S2. The zero-order valence-electron chi connectivity index (χ0n) is 13.8. The normalized spacial score (nSPS) is 10.3. The fourth-order valence-corrected chi connectivity index (χ4v) is 3.05. The van der Waals surface area contributed by atoms with Crippen molar-refractivity contribution in [2.75, 3.05) is 23.5 Å². The van der Waals surface area contributed by atoms with Crippen LogP contribution in [0.3, 0.4) is 0 Å². The van der Waals surface area contributed by atoms with Crippen LogP contribution in [0.1, 0.15) is 17.5 Å². The Morgan fingerprint density at radius 3 is 2.61 bits per heavy atom. The van der Waals surface area contributed by atoms with Crippen molar-refractivity contribution < 1.29 is 0 Å². The molecule has 23 heavy (non-hydrogen) atoms. The summed E-state index contributed by atoms with van der Waals surface area (Å²) in [5, 5.41) is 4.19. The van der Waals surface area contributed by atoms with Crippen LogP contribution in [-0.2, 0) is 6.54 Å². The van der Waals surface area contributed by atoms with Crippen LogP contribution in [0.2, 0.25) is 0 Å². The lowest BCUT2D eigenvalue weighted by molar-refractivity contribution is 0.831. The van der Waals surface area contributed by atoms with Gasteiger partial charge in [-0.05, 0) is 60.8 Å². The molecule has 0 spiro atoms. The molecule has 0 saturated heterocycles. The molecule has 2 aromatic rings. The molecule has 0 bridgehead atoms. The van der Waals surface area contributed by atoms with E-state index in [9.17, 15) is 0 Å². The van der Waals surface area contributed by atoms with Crippen molar-refractivity contribution >= 4 is 34.8 Å². The van der Waals surface area contributed by atoms with Crippen LogP contribution in [0, 0.1) is 6.92 Å². The molecule has 1 N–H and O–H groups in total. The maximum atomic E-state index is 5.66. The highest BCUT2D eigenvalue weighted by atomic mass is 32.2. The predicted octanol–water partition coefficient (Wildman–Crippen LogP) is 4.63. The van der Waals surface area contributed by atoms with Gasteiger partial charge in [-0.15, -0.1) is 0 Å². The second-order valence-electron chi connectivity index (χ2n) is 5.49. The Bertz CT molecular complexity index is 614. The highest BCUT2D eigenvalue weighted by Gasteiger charge is 2.12. The summed E-state index contributed by atoms with van der Waals surface area (Å²) >= 11 is 7.52. The number of hydrogen-bond acceptors (Lipinski definition) is 2. The topological polar surface area (TPSA) is 15.3 Å². The van der Waals surface area contributed by atoms with Gasteiger partial charge in [-0.3, -0.25) is 0 Å². The fraction of sp³-hybridized carbons (Fsp3) is 0.316. The van der Waals surface area contributed by atoms with Crippen LogP contribution >= 0.6 is 24.0 Å². The Morgan fingerprint density at radius 2 is 1.91 bits per heavy atom. The van der Waals surface area contributed by atoms with Crippen molar-refractivity contribution in [3.8, 4) is 0 Å². The minimum atomic E-state index is 0.776. The van der Waals surface area contributed by atoms with Crippen molar-refractivity contribution in [3.63, 3.8) is 0 Å². The third-order valence-corrected chi connectivity index (χ3v) is 4.61. The van der Waals surface area contributed by atoms with Crippen molar-refractivity contribution in [1.82, 2.24) is 5.32 Å². The van der Waals surface area contributed by atoms with Crippen LogP contribution in [0.15, 0.2) is 54.6 Å². The predicted molar refractivity (Wildman–Crippen MR) is 107 cm³/mol. The van der Waals surface area contributed by atoms with E-state index in [-0.39, 0.29) is 0 Å². The van der Waals surface area contributed by atoms with Crippen LogP contribution in [0.4, 0.5) is 5.69 Å². The zero-order chi connectivity index (χ0) is 16.5. The molecule has 0 radical (unpaired) electrons. The largest absolute Gasteiger partial charge is 0.362 e. The average Bonchev–Trinajstić information content (AvgIpc) is 2.57. The number of aryl methyl sites for hydroxylation is 1. The summed E-state index contributed by atoms with van der Waals surface area (Å²) in [7, 11) is 0. The van der Waals surface area contributed by atoms with Gasteiger partial charge in [0.15, 0.2) is 5.11 Å². The smallest absolute Gasteiger partial charge is 0.173 e. The number of thioether (sulfide) groups is 1. The maximum Gasteiger partial charge on any atom is 0.173 e. The molecule has 2 aromatic carbocycles. The summed E-state index contributed by atoms with van der Waals surface area (Å²) in [4.78, 5) is 2.18. The summed E-state index contributed by atoms with van der Waals surface area (Å²) in [5.74, 6) is 1.15. The van der Waals surface area contributed by atoms with E-state index in [1.54, 1.807) is 0 Å². The lowest BCUT2D eigenvalue weighted by atomic mass is 10.1. The summed E-state index contributed by atoms with van der Waals surface area (Å²) in [6.45, 7) is 3.80. The Labute approximate surface area is 149 Å². The van der Waals surface area contributed by atoms with Gasteiger partial charge in [0, 0.05) is 12.2 Å². The van der Waals surface area contributed by atoms with Gasteiger partial charge in [0.1, 0.15) is 0 Å². The number of rotatable bonds is 7. The van der Waals surface area contributed by atoms with Crippen LogP contribution < -0.4 is 10.2 Å². The number of thiocarbonyl (C=S) groups is 1. The van der Waals surface area contributed by atoms with Gasteiger partial charge in [0.05, 0.1) is 6.54 Å². The molecular weight excluding hydrogens is 320 g/mol. The van der Waals surface area contributed by atoms with E-state index in [1.807, 2.05) is 17.8 Å². The van der Waals surface area contributed by atoms with Crippen molar-refractivity contribution in [2.45, 2.75) is 19.9 Å². The van der Waals surface area contributed by atoms with Crippen LogP contribution in [0.5, 0.6) is 0 Å². The summed E-state index contributed by atoms with van der Waals surface area (Å²) in [6.07, 6.45) is 3.25. The number of nitrogens with one attached hydrogen (secondary N) is 1. The third kappa shape index (κ3) is 5.88. The number of hydrogen-bond donors (Lipinski definition) is 1. The fourth-order valence-electron chi connectivity index (χ4n) is 2.35. The Balaban J connectivity index is 2.12. The van der Waals surface area contributed by atoms with Gasteiger partial charge in [0.2, 0.25) is 0 Å². The quantitative estimate of drug-likeness (QED) is 0.581. The lowest BCUT2D eigenvalue weighted by Crippen LogP contribution is -2.40. The Kier molecular flexibility index (Phi) is 7.43. The number of benzene rings is 2. The van der Waals surface area contributed by atoms with E-state index in [1.165, 1.54) is 11.1 Å². The maximum absolute atomic E-state index is 5.66. The van der Waals surface area contributed by atoms with E-state index >= 15 is 0 Å². The average molecular weight is 345 g/mol. The van der Waals surface area contributed by atoms with E-state index in [0.29, 0.717) is 0 Å². The summed E-state index contributed by atoms with van der Waals surface area (Å²) < 4.78 is 0. The van der Waals surface area contributed by atoms with Crippen molar-refractivity contribution in [2.24, 2.45) is 0 Å². The molecule has 0 fully saturated rings. The van der Waals surface area contributed by atoms with Gasteiger partial charge in [-0.1, -0.05) is 42.5 Å².